The molecular weight excluding hydrogens is 344 g/mol. The van der Waals surface area contributed by atoms with Crippen molar-refractivity contribution in [1.82, 2.24) is 29.3 Å². The van der Waals surface area contributed by atoms with Gasteiger partial charge in [-0.25, -0.2) is 9.50 Å². The molecule has 4 heterocycles. The minimum atomic E-state index is 0.00628. The summed E-state index contributed by atoms with van der Waals surface area (Å²) in [5, 5.41) is 8.56. The number of fused-ring (bicyclic) bond motifs is 2. The summed E-state index contributed by atoms with van der Waals surface area (Å²) < 4.78 is 9.82. The van der Waals surface area contributed by atoms with E-state index < -0.39 is 0 Å². The number of aromatic nitrogens is 5. The second-order valence-corrected chi connectivity index (χ2v) is 7.23. The molecule has 2 aliphatic rings. The van der Waals surface area contributed by atoms with Crippen LogP contribution in [0.1, 0.15) is 12.8 Å². The summed E-state index contributed by atoms with van der Waals surface area (Å²) in [7, 11) is 1.87. The van der Waals surface area contributed by atoms with E-state index in [0.717, 1.165) is 36.2 Å². The van der Waals surface area contributed by atoms with Crippen LogP contribution in [0.2, 0.25) is 0 Å². The lowest BCUT2D eigenvalue weighted by atomic mass is 9.92. The van der Waals surface area contributed by atoms with Gasteiger partial charge < -0.3 is 9.64 Å². The number of hydrogen-bond acceptors (Lipinski definition) is 5. The minimum absolute atomic E-state index is 0.00628. The smallest absolute Gasteiger partial charge is 0.246 e. The molecule has 0 radical (unpaired) electrons. The maximum Gasteiger partial charge on any atom is 0.246 e. The van der Waals surface area contributed by atoms with Crippen molar-refractivity contribution in [2.24, 2.45) is 13.0 Å². The molecular formula is C19H20N6O2. The van der Waals surface area contributed by atoms with Crippen LogP contribution in [0.5, 0.6) is 5.88 Å². The van der Waals surface area contributed by atoms with E-state index in [2.05, 4.69) is 16.8 Å². The third-order valence-electron chi connectivity index (χ3n) is 5.54. The van der Waals surface area contributed by atoms with Crippen LogP contribution in [0.3, 0.4) is 0 Å². The molecule has 3 atom stereocenters. The van der Waals surface area contributed by atoms with Gasteiger partial charge in [0, 0.05) is 43.7 Å². The number of rotatable bonds is 4. The average molecular weight is 364 g/mol. The monoisotopic (exact) mass is 364 g/mol. The summed E-state index contributed by atoms with van der Waals surface area (Å²) >= 11 is 0. The first kappa shape index (κ1) is 16.0. The van der Waals surface area contributed by atoms with Gasteiger partial charge in [-0.3, -0.25) is 9.48 Å². The zero-order valence-corrected chi connectivity index (χ0v) is 15.0. The quantitative estimate of drug-likeness (QED) is 0.659. The summed E-state index contributed by atoms with van der Waals surface area (Å²) in [6.07, 6.45) is 10.5. The van der Waals surface area contributed by atoms with Gasteiger partial charge in [0.2, 0.25) is 11.8 Å². The second kappa shape index (κ2) is 5.94. The lowest BCUT2D eigenvalue weighted by Gasteiger charge is -2.43. The highest BCUT2D eigenvalue weighted by Gasteiger charge is 2.48. The topological polar surface area (TPSA) is 77.6 Å². The Morgan fingerprint density at radius 3 is 3.00 bits per heavy atom. The van der Waals surface area contributed by atoms with E-state index >= 15 is 0 Å². The lowest BCUT2D eigenvalue weighted by Crippen LogP contribution is -2.55. The molecule has 1 aliphatic heterocycles. The molecule has 0 N–H and O–H groups in total. The fraction of sp³-hybridized carbons (Fsp3) is 0.368. The van der Waals surface area contributed by atoms with Crippen LogP contribution < -0.4 is 4.74 Å². The van der Waals surface area contributed by atoms with E-state index in [0.29, 0.717) is 11.8 Å². The summed E-state index contributed by atoms with van der Waals surface area (Å²) in [4.78, 5) is 18.5. The zero-order chi connectivity index (χ0) is 18.5. The van der Waals surface area contributed by atoms with Crippen molar-refractivity contribution < 1.29 is 9.53 Å². The fourth-order valence-corrected chi connectivity index (χ4v) is 4.18. The van der Waals surface area contributed by atoms with Gasteiger partial charge in [0.25, 0.3) is 0 Å². The van der Waals surface area contributed by atoms with Gasteiger partial charge in [-0.05, 0) is 18.6 Å². The largest absolute Gasteiger partial charge is 0.473 e. The standard InChI is InChI=1S/C19H20N6O2/c1-3-18(26)24-10-12-6-14(7-17(12)24)27-19-16-4-5-20-25(16)11-15(22-19)13-8-21-23(2)9-13/h3-5,8-9,11-12,14,17H,1,6-7,10H2,2H3. The Morgan fingerprint density at radius 2 is 2.22 bits per heavy atom. The molecule has 3 unspecified atom stereocenters. The van der Waals surface area contributed by atoms with Crippen molar-refractivity contribution in [3.05, 3.63) is 43.5 Å². The number of amides is 1. The molecule has 0 aromatic carbocycles. The number of ether oxygens (including phenoxy) is 1. The van der Waals surface area contributed by atoms with Crippen molar-refractivity contribution in [3.8, 4) is 17.1 Å². The molecule has 3 aromatic rings. The first-order valence-corrected chi connectivity index (χ1v) is 9.05. The van der Waals surface area contributed by atoms with Crippen LogP contribution in [-0.4, -0.2) is 53.9 Å². The molecule has 1 saturated carbocycles. The van der Waals surface area contributed by atoms with E-state index in [1.165, 1.54) is 6.08 Å². The zero-order valence-electron chi connectivity index (χ0n) is 15.0. The number of hydrogen-bond donors (Lipinski definition) is 0. The highest BCUT2D eigenvalue weighted by atomic mass is 16.5. The molecule has 27 heavy (non-hydrogen) atoms. The number of nitrogens with zero attached hydrogens (tertiary/aromatic N) is 6. The van der Waals surface area contributed by atoms with Crippen molar-refractivity contribution in [1.29, 1.82) is 0 Å². The van der Waals surface area contributed by atoms with E-state index in [1.807, 2.05) is 30.4 Å². The molecule has 0 spiro atoms. The number of aryl methyl sites for hydroxylation is 1. The summed E-state index contributed by atoms with van der Waals surface area (Å²) in [5.74, 6) is 1.08. The summed E-state index contributed by atoms with van der Waals surface area (Å²) in [5.41, 5.74) is 2.51. The SMILES string of the molecule is C=CC(=O)N1CC2CC(Oc3nc(-c4cnn(C)c4)cn4nccc34)CC21. The molecule has 1 amide bonds. The predicted octanol–water partition coefficient (Wildman–Crippen LogP) is 1.68. The third-order valence-corrected chi connectivity index (χ3v) is 5.54. The molecule has 3 aromatic heterocycles. The van der Waals surface area contributed by atoms with E-state index in [4.69, 9.17) is 9.72 Å². The number of likely N-dealkylation sites (tertiary alicyclic amines) is 1. The van der Waals surface area contributed by atoms with Gasteiger partial charge in [-0.15, -0.1) is 0 Å². The van der Waals surface area contributed by atoms with E-state index in [1.54, 1.807) is 21.6 Å². The van der Waals surface area contributed by atoms with Gasteiger partial charge in [0.05, 0.1) is 24.3 Å². The molecule has 8 heteroatoms. The third kappa shape index (κ3) is 2.59. The Morgan fingerprint density at radius 1 is 1.33 bits per heavy atom. The first-order chi connectivity index (χ1) is 13.1. The Balaban J connectivity index is 1.41. The van der Waals surface area contributed by atoms with E-state index in [9.17, 15) is 4.79 Å². The second-order valence-electron chi connectivity index (χ2n) is 7.23. The van der Waals surface area contributed by atoms with Gasteiger partial charge in [0.1, 0.15) is 11.6 Å². The molecule has 0 bridgehead atoms. The molecule has 1 saturated heterocycles. The van der Waals surface area contributed by atoms with Gasteiger partial charge >= 0.3 is 0 Å². The van der Waals surface area contributed by atoms with Crippen LogP contribution in [0.4, 0.5) is 0 Å². The van der Waals surface area contributed by atoms with Crippen molar-refractivity contribution >= 4 is 11.4 Å². The maximum absolute atomic E-state index is 11.9. The van der Waals surface area contributed by atoms with Crippen LogP contribution >= 0.6 is 0 Å². The Hall–Kier alpha value is -3.16. The van der Waals surface area contributed by atoms with E-state index in [-0.39, 0.29) is 18.1 Å². The molecule has 2 fully saturated rings. The molecule has 8 nitrogen and oxygen atoms in total. The van der Waals surface area contributed by atoms with Crippen LogP contribution in [0.25, 0.3) is 16.8 Å². The molecule has 1 aliphatic carbocycles. The Kier molecular flexibility index (Phi) is 3.53. The number of carbonyl (C=O) groups is 1. The predicted molar refractivity (Wildman–Crippen MR) is 98.0 cm³/mol. The summed E-state index contributed by atoms with van der Waals surface area (Å²) in [6.45, 7) is 4.38. The lowest BCUT2D eigenvalue weighted by molar-refractivity contribution is -0.136. The normalized spacial score (nSPS) is 23.9. The van der Waals surface area contributed by atoms with Gasteiger partial charge in [-0.1, -0.05) is 6.58 Å². The Labute approximate surface area is 156 Å². The van der Waals surface area contributed by atoms with Gasteiger partial charge in [0.15, 0.2) is 0 Å². The number of carbonyl (C=O) groups excluding carboxylic acids is 1. The highest BCUT2D eigenvalue weighted by Crippen LogP contribution is 2.41. The van der Waals surface area contributed by atoms with Crippen LogP contribution in [-0.2, 0) is 11.8 Å². The molecule has 138 valence electrons. The van der Waals surface area contributed by atoms with Crippen LogP contribution in [0.15, 0.2) is 43.5 Å². The minimum Gasteiger partial charge on any atom is -0.473 e. The highest BCUT2D eigenvalue weighted by molar-refractivity contribution is 5.88. The maximum atomic E-state index is 11.9. The van der Waals surface area contributed by atoms with Crippen molar-refractivity contribution in [2.45, 2.75) is 25.0 Å². The van der Waals surface area contributed by atoms with Crippen molar-refractivity contribution in [3.63, 3.8) is 0 Å². The molecule has 5 rings (SSSR count). The van der Waals surface area contributed by atoms with Gasteiger partial charge in [-0.2, -0.15) is 10.2 Å². The van der Waals surface area contributed by atoms with Crippen molar-refractivity contribution in [2.75, 3.05) is 6.54 Å². The summed E-state index contributed by atoms with van der Waals surface area (Å²) in [6, 6.07) is 2.15. The fourth-order valence-electron chi connectivity index (χ4n) is 4.18. The average Bonchev–Trinajstić information content (AvgIpc) is 3.36. The Bertz CT molecular complexity index is 1040. The first-order valence-electron chi connectivity index (χ1n) is 9.05. The van der Waals surface area contributed by atoms with Crippen LogP contribution in [0, 0.1) is 5.92 Å².